The molecule has 1 atom stereocenters. The smallest absolute Gasteiger partial charge is 0.244 e. The molecule has 0 bridgehead atoms. The SMILES string of the molecule is CC(Nc1cc(F)c(F)cc1F)C(=O)N1CCCCCC1. The maximum Gasteiger partial charge on any atom is 0.244 e. The lowest BCUT2D eigenvalue weighted by Crippen LogP contribution is -2.42. The van der Waals surface area contributed by atoms with Crippen LogP contribution < -0.4 is 5.32 Å². The second-order valence-corrected chi connectivity index (χ2v) is 5.35. The summed E-state index contributed by atoms with van der Waals surface area (Å²) in [6.45, 7) is 2.96. The number of hydrogen-bond donors (Lipinski definition) is 1. The van der Waals surface area contributed by atoms with Crippen LogP contribution in [0.3, 0.4) is 0 Å². The van der Waals surface area contributed by atoms with Crippen molar-refractivity contribution in [2.24, 2.45) is 0 Å². The lowest BCUT2D eigenvalue weighted by atomic mass is 10.2. The van der Waals surface area contributed by atoms with Crippen LogP contribution in [-0.2, 0) is 4.79 Å². The van der Waals surface area contributed by atoms with Gasteiger partial charge in [-0.1, -0.05) is 12.8 Å². The second kappa shape index (κ2) is 6.83. The van der Waals surface area contributed by atoms with Gasteiger partial charge in [0.05, 0.1) is 5.69 Å². The van der Waals surface area contributed by atoms with Gasteiger partial charge < -0.3 is 10.2 Å². The van der Waals surface area contributed by atoms with Gasteiger partial charge in [-0.15, -0.1) is 0 Å². The number of anilines is 1. The maximum atomic E-state index is 13.6. The van der Waals surface area contributed by atoms with Crippen LogP contribution in [0, 0.1) is 17.5 Å². The molecule has 0 aromatic heterocycles. The molecule has 1 aliphatic rings. The van der Waals surface area contributed by atoms with Gasteiger partial charge in [-0.05, 0) is 19.8 Å². The Kier molecular flexibility index (Phi) is 5.09. The van der Waals surface area contributed by atoms with Gasteiger partial charge in [-0.3, -0.25) is 4.79 Å². The molecular weight excluding hydrogens is 281 g/mol. The molecule has 1 unspecified atom stereocenters. The number of likely N-dealkylation sites (tertiary alicyclic amines) is 1. The van der Waals surface area contributed by atoms with Gasteiger partial charge in [0.15, 0.2) is 11.6 Å². The summed E-state index contributed by atoms with van der Waals surface area (Å²) in [4.78, 5) is 14.0. The highest BCUT2D eigenvalue weighted by atomic mass is 19.2. The van der Waals surface area contributed by atoms with E-state index < -0.39 is 23.5 Å². The fourth-order valence-corrected chi connectivity index (χ4v) is 2.49. The highest BCUT2D eigenvalue weighted by Gasteiger charge is 2.22. The lowest BCUT2D eigenvalue weighted by Gasteiger charge is -2.25. The maximum absolute atomic E-state index is 13.6. The number of carbonyl (C=O) groups is 1. The van der Waals surface area contributed by atoms with Crippen molar-refractivity contribution in [1.29, 1.82) is 0 Å². The molecular formula is C15H19F3N2O. The molecule has 1 fully saturated rings. The number of halogens is 3. The molecule has 1 saturated heterocycles. The van der Waals surface area contributed by atoms with E-state index in [2.05, 4.69) is 5.32 Å². The van der Waals surface area contributed by atoms with Crippen LogP contribution in [0.25, 0.3) is 0 Å². The van der Waals surface area contributed by atoms with Gasteiger partial charge in [-0.25, -0.2) is 13.2 Å². The minimum absolute atomic E-state index is 0.152. The van der Waals surface area contributed by atoms with E-state index in [0.717, 1.165) is 31.7 Å². The van der Waals surface area contributed by atoms with E-state index in [1.165, 1.54) is 0 Å². The van der Waals surface area contributed by atoms with Gasteiger partial charge in [0.1, 0.15) is 11.9 Å². The average Bonchev–Trinajstić information content (AvgIpc) is 2.72. The summed E-state index contributed by atoms with van der Waals surface area (Å²) in [6, 6.07) is 0.514. The molecule has 21 heavy (non-hydrogen) atoms. The van der Waals surface area contributed by atoms with Crippen LogP contribution in [-0.4, -0.2) is 29.9 Å². The van der Waals surface area contributed by atoms with Crippen molar-refractivity contribution in [2.45, 2.75) is 38.6 Å². The number of nitrogens with one attached hydrogen (secondary N) is 1. The van der Waals surface area contributed by atoms with Crippen molar-refractivity contribution in [2.75, 3.05) is 18.4 Å². The van der Waals surface area contributed by atoms with Crippen molar-refractivity contribution in [3.05, 3.63) is 29.6 Å². The first-order valence-electron chi connectivity index (χ1n) is 7.19. The molecule has 1 N–H and O–H groups in total. The van der Waals surface area contributed by atoms with Gasteiger partial charge >= 0.3 is 0 Å². The topological polar surface area (TPSA) is 32.3 Å². The Morgan fingerprint density at radius 3 is 2.24 bits per heavy atom. The largest absolute Gasteiger partial charge is 0.371 e. The minimum Gasteiger partial charge on any atom is -0.371 e. The number of benzene rings is 1. The third-order valence-electron chi connectivity index (χ3n) is 3.67. The lowest BCUT2D eigenvalue weighted by molar-refractivity contribution is -0.131. The fraction of sp³-hybridized carbons (Fsp3) is 0.533. The summed E-state index contributed by atoms with van der Waals surface area (Å²) < 4.78 is 39.6. The Hall–Kier alpha value is -1.72. The van der Waals surface area contributed by atoms with Crippen molar-refractivity contribution in [3.63, 3.8) is 0 Å². The summed E-state index contributed by atoms with van der Waals surface area (Å²) in [5.41, 5.74) is -0.204. The molecule has 3 nitrogen and oxygen atoms in total. The second-order valence-electron chi connectivity index (χ2n) is 5.35. The Balaban J connectivity index is 2.04. The van der Waals surface area contributed by atoms with Crippen LogP contribution in [0.2, 0.25) is 0 Å². The fourth-order valence-electron chi connectivity index (χ4n) is 2.49. The van der Waals surface area contributed by atoms with Gasteiger partial charge in [0.2, 0.25) is 5.91 Å². The van der Waals surface area contributed by atoms with Crippen LogP contribution in [0.4, 0.5) is 18.9 Å². The number of rotatable bonds is 3. The van der Waals surface area contributed by atoms with E-state index in [1.54, 1.807) is 11.8 Å². The molecule has 0 radical (unpaired) electrons. The molecule has 1 aromatic rings. The molecule has 1 aromatic carbocycles. The van der Waals surface area contributed by atoms with Gasteiger partial charge in [-0.2, -0.15) is 0 Å². The number of hydrogen-bond acceptors (Lipinski definition) is 2. The van der Waals surface area contributed by atoms with E-state index in [4.69, 9.17) is 0 Å². The first kappa shape index (κ1) is 15.7. The van der Waals surface area contributed by atoms with Gasteiger partial charge in [0, 0.05) is 25.2 Å². The predicted octanol–water partition coefficient (Wildman–Crippen LogP) is 3.31. The van der Waals surface area contributed by atoms with Crippen molar-refractivity contribution in [1.82, 2.24) is 4.90 Å². The molecule has 6 heteroatoms. The molecule has 1 amide bonds. The molecule has 0 spiro atoms. The summed E-state index contributed by atoms with van der Waals surface area (Å²) in [5.74, 6) is -3.46. The van der Waals surface area contributed by atoms with Crippen molar-refractivity contribution >= 4 is 11.6 Å². The zero-order valence-electron chi connectivity index (χ0n) is 12.0. The van der Waals surface area contributed by atoms with Crippen LogP contribution in [0.1, 0.15) is 32.6 Å². The van der Waals surface area contributed by atoms with E-state index in [-0.39, 0.29) is 11.6 Å². The predicted molar refractivity (Wildman–Crippen MR) is 74.4 cm³/mol. The van der Waals surface area contributed by atoms with E-state index in [9.17, 15) is 18.0 Å². The first-order valence-corrected chi connectivity index (χ1v) is 7.19. The van der Waals surface area contributed by atoms with Crippen molar-refractivity contribution in [3.8, 4) is 0 Å². The van der Waals surface area contributed by atoms with E-state index in [1.807, 2.05) is 0 Å². The molecule has 116 valence electrons. The quantitative estimate of drug-likeness (QED) is 0.869. The summed E-state index contributed by atoms with van der Waals surface area (Å²) in [5, 5.41) is 2.62. The Labute approximate surface area is 122 Å². The third kappa shape index (κ3) is 3.89. The van der Waals surface area contributed by atoms with Crippen molar-refractivity contribution < 1.29 is 18.0 Å². The van der Waals surface area contributed by atoms with Crippen LogP contribution >= 0.6 is 0 Å². The summed E-state index contributed by atoms with van der Waals surface area (Å²) >= 11 is 0. The molecule has 1 aliphatic heterocycles. The summed E-state index contributed by atoms with van der Waals surface area (Å²) in [6.07, 6.45) is 4.11. The zero-order valence-corrected chi connectivity index (χ0v) is 12.0. The van der Waals surface area contributed by atoms with E-state index >= 15 is 0 Å². The third-order valence-corrected chi connectivity index (χ3v) is 3.67. The van der Waals surface area contributed by atoms with Crippen LogP contribution in [0.15, 0.2) is 12.1 Å². The summed E-state index contributed by atoms with van der Waals surface area (Å²) in [7, 11) is 0. The minimum atomic E-state index is -1.25. The molecule has 2 rings (SSSR count). The van der Waals surface area contributed by atoms with Crippen LogP contribution in [0.5, 0.6) is 0 Å². The monoisotopic (exact) mass is 300 g/mol. The Bertz CT molecular complexity index is 514. The number of carbonyl (C=O) groups excluding carboxylic acids is 1. The number of nitrogens with zero attached hydrogens (tertiary/aromatic N) is 1. The highest BCUT2D eigenvalue weighted by Crippen LogP contribution is 2.20. The molecule has 0 saturated carbocycles. The first-order chi connectivity index (χ1) is 9.99. The average molecular weight is 300 g/mol. The zero-order chi connectivity index (χ0) is 15.4. The van der Waals surface area contributed by atoms with E-state index in [0.29, 0.717) is 19.2 Å². The standard InChI is InChI=1S/C15H19F3N2O/c1-10(15(21)20-6-4-2-3-5-7-20)19-14-9-12(17)11(16)8-13(14)18/h8-10,19H,2-7H2,1H3. The highest BCUT2D eigenvalue weighted by molar-refractivity contribution is 5.84. The number of amides is 1. The van der Waals surface area contributed by atoms with Gasteiger partial charge in [0.25, 0.3) is 0 Å². The Morgan fingerprint density at radius 1 is 1.05 bits per heavy atom. The molecule has 0 aliphatic carbocycles. The Morgan fingerprint density at radius 2 is 1.62 bits per heavy atom. The molecule has 1 heterocycles. The normalized spacial score (nSPS) is 17.2.